The van der Waals surface area contributed by atoms with Gasteiger partial charge in [0.15, 0.2) is 0 Å². The average Bonchev–Trinajstić information content (AvgIpc) is 2.24. The van der Waals surface area contributed by atoms with E-state index >= 15 is 0 Å². The number of piperidine rings is 1. The highest BCUT2D eigenvalue weighted by Gasteiger charge is 2.35. The van der Waals surface area contributed by atoms with E-state index in [4.69, 9.17) is 11.0 Å². The lowest BCUT2D eigenvalue weighted by atomic mass is 10.1. The van der Waals surface area contributed by atoms with E-state index in [0.717, 1.165) is 4.67 Å². The Morgan fingerprint density at radius 1 is 1.50 bits per heavy atom. The van der Waals surface area contributed by atoms with Gasteiger partial charge in [0.25, 0.3) is 0 Å². The molecule has 1 atom stereocenters. The first-order valence-corrected chi connectivity index (χ1v) is 7.59. The Kier molecular flexibility index (Phi) is 5.28. The third-order valence-electron chi connectivity index (χ3n) is 2.68. The van der Waals surface area contributed by atoms with Crippen LogP contribution >= 0.6 is 7.59 Å². The highest BCUT2D eigenvalue weighted by atomic mass is 31.2. The van der Waals surface area contributed by atoms with Crippen LogP contribution in [0.25, 0.3) is 0 Å². The number of carbonyl (C=O) groups excluding carboxylic acids is 2. The molecule has 1 heterocycles. The Labute approximate surface area is 106 Å². The van der Waals surface area contributed by atoms with Crippen LogP contribution in [0.4, 0.5) is 0 Å². The molecule has 8 nitrogen and oxygen atoms in total. The molecule has 1 saturated heterocycles. The number of amides is 2. The minimum atomic E-state index is -3.52. The van der Waals surface area contributed by atoms with Gasteiger partial charge in [0.1, 0.15) is 0 Å². The largest absolute Gasteiger partial charge is 0.355 e. The van der Waals surface area contributed by atoms with Crippen molar-refractivity contribution in [2.45, 2.75) is 25.8 Å². The van der Waals surface area contributed by atoms with Crippen LogP contribution in [0.3, 0.4) is 0 Å². The van der Waals surface area contributed by atoms with Crippen LogP contribution < -0.4 is 21.6 Å². The van der Waals surface area contributed by atoms with E-state index in [-0.39, 0.29) is 11.8 Å². The number of nitrogens with zero attached hydrogens (tertiary/aromatic N) is 1. The summed E-state index contributed by atoms with van der Waals surface area (Å²) in [5, 5.41) is 5.60. The monoisotopic (exact) mass is 277 g/mol. The highest BCUT2D eigenvalue weighted by molar-refractivity contribution is 7.57. The van der Waals surface area contributed by atoms with Gasteiger partial charge in [0, 0.05) is 26.6 Å². The maximum Gasteiger partial charge on any atom is 0.302 e. The minimum Gasteiger partial charge on any atom is -0.355 e. The summed E-state index contributed by atoms with van der Waals surface area (Å²) in [6.07, 6.45) is 1.34. The molecule has 0 aromatic carbocycles. The summed E-state index contributed by atoms with van der Waals surface area (Å²) in [6.45, 7) is 2.64. The van der Waals surface area contributed by atoms with E-state index in [1.807, 2.05) is 0 Å². The Morgan fingerprint density at radius 2 is 2.17 bits per heavy atom. The Hall–Kier alpha value is -0.950. The zero-order valence-electron chi connectivity index (χ0n) is 10.4. The van der Waals surface area contributed by atoms with Crippen LogP contribution in [0.5, 0.6) is 0 Å². The van der Waals surface area contributed by atoms with Gasteiger partial charge in [-0.25, -0.2) is 0 Å². The molecule has 1 aliphatic heterocycles. The van der Waals surface area contributed by atoms with Gasteiger partial charge in [-0.2, -0.15) is 0 Å². The Morgan fingerprint density at radius 3 is 2.72 bits per heavy atom. The van der Waals surface area contributed by atoms with Crippen LogP contribution in [-0.2, 0) is 14.2 Å². The molecular formula is C9H20N5O3P. The normalized spacial score (nSPS) is 20.9. The maximum absolute atomic E-state index is 11.9. The molecule has 1 aliphatic rings. The topological polar surface area (TPSA) is 131 Å². The lowest BCUT2D eigenvalue weighted by molar-refractivity contribution is -0.130. The zero-order chi connectivity index (χ0) is 13.8. The summed E-state index contributed by atoms with van der Waals surface area (Å²) in [4.78, 5) is 22.6. The van der Waals surface area contributed by atoms with E-state index in [1.165, 1.54) is 6.92 Å². The van der Waals surface area contributed by atoms with E-state index in [2.05, 4.69) is 10.6 Å². The van der Waals surface area contributed by atoms with Gasteiger partial charge in [0.2, 0.25) is 11.8 Å². The molecule has 6 N–H and O–H groups in total. The van der Waals surface area contributed by atoms with Crippen molar-refractivity contribution in [3.8, 4) is 0 Å². The maximum atomic E-state index is 11.9. The molecule has 9 heteroatoms. The average molecular weight is 277 g/mol. The van der Waals surface area contributed by atoms with Gasteiger partial charge < -0.3 is 10.6 Å². The molecule has 0 unspecified atom stereocenters. The summed E-state index contributed by atoms with van der Waals surface area (Å²) in [7, 11) is -3.52. The molecule has 0 bridgehead atoms. The summed E-state index contributed by atoms with van der Waals surface area (Å²) >= 11 is 0. The fourth-order valence-corrected chi connectivity index (χ4v) is 2.74. The van der Waals surface area contributed by atoms with E-state index < -0.39 is 13.6 Å². The number of rotatable bonds is 5. The van der Waals surface area contributed by atoms with Crippen molar-refractivity contribution in [3.05, 3.63) is 0 Å². The molecule has 18 heavy (non-hydrogen) atoms. The molecule has 1 rings (SSSR count). The molecule has 0 radical (unpaired) electrons. The zero-order valence-corrected chi connectivity index (χ0v) is 11.3. The van der Waals surface area contributed by atoms with Gasteiger partial charge in [-0.15, -0.1) is 0 Å². The minimum absolute atomic E-state index is 0.123. The fourth-order valence-electron chi connectivity index (χ4n) is 1.84. The van der Waals surface area contributed by atoms with Crippen molar-refractivity contribution in [1.82, 2.24) is 15.3 Å². The molecule has 0 aromatic heterocycles. The quantitative estimate of drug-likeness (QED) is 0.366. The first kappa shape index (κ1) is 15.1. The lowest BCUT2D eigenvalue weighted by Crippen LogP contribution is -2.52. The first-order chi connectivity index (χ1) is 8.32. The first-order valence-electron chi connectivity index (χ1n) is 5.79. The number of carbonyl (C=O) groups is 2. The van der Waals surface area contributed by atoms with Gasteiger partial charge >= 0.3 is 7.59 Å². The summed E-state index contributed by atoms with van der Waals surface area (Å²) < 4.78 is 12.6. The Balaban J connectivity index is 2.44. The van der Waals surface area contributed by atoms with Gasteiger partial charge in [-0.05, 0) is 12.8 Å². The Bertz CT molecular complexity index is 369. The van der Waals surface area contributed by atoms with Crippen molar-refractivity contribution < 1.29 is 14.2 Å². The third-order valence-corrected chi connectivity index (χ3v) is 3.83. The molecule has 104 valence electrons. The van der Waals surface area contributed by atoms with E-state index in [0.29, 0.717) is 32.5 Å². The second-order valence-corrected chi connectivity index (χ2v) is 6.09. The highest BCUT2D eigenvalue weighted by Crippen LogP contribution is 2.35. The predicted octanol–water partition coefficient (Wildman–Crippen LogP) is -1.27. The third kappa shape index (κ3) is 4.38. The number of nitrogens with one attached hydrogen (secondary N) is 2. The van der Waals surface area contributed by atoms with Gasteiger partial charge in [-0.3, -0.25) is 29.8 Å². The van der Waals surface area contributed by atoms with E-state index in [9.17, 15) is 14.2 Å². The molecular weight excluding hydrogens is 257 g/mol. The van der Waals surface area contributed by atoms with Crippen molar-refractivity contribution in [2.24, 2.45) is 11.0 Å². The molecule has 0 saturated carbocycles. The summed E-state index contributed by atoms with van der Waals surface area (Å²) in [6, 6.07) is -0.437. The van der Waals surface area contributed by atoms with Crippen LogP contribution in [0.15, 0.2) is 0 Å². The number of nitrogens with two attached hydrogens (primary N) is 2. The molecule has 0 aromatic rings. The van der Waals surface area contributed by atoms with Crippen LogP contribution in [0.1, 0.15) is 19.8 Å². The predicted molar refractivity (Wildman–Crippen MR) is 67.4 cm³/mol. The van der Waals surface area contributed by atoms with E-state index in [1.54, 1.807) is 0 Å². The molecule has 2 amide bonds. The SMILES string of the molecule is CC(=O)NCCN[C@H]1CCCN(P(N)(N)=O)C1=O. The van der Waals surface area contributed by atoms with Crippen molar-refractivity contribution in [3.63, 3.8) is 0 Å². The van der Waals surface area contributed by atoms with Crippen LogP contribution in [0.2, 0.25) is 0 Å². The van der Waals surface area contributed by atoms with Crippen LogP contribution in [0, 0.1) is 0 Å². The molecule has 0 spiro atoms. The molecule has 0 aliphatic carbocycles. The standard InChI is InChI=1S/C9H20N5O3P/c1-7(15)12-4-5-13-8-3-2-6-14(9(8)16)18(10,11)17/h8,13H,2-6H2,1H3,(H,12,15)(H4,10,11,17)/t8-/m0/s1. The molecule has 1 fully saturated rings. The fraction of sp³-hybridized carbons (Fsp3) is 0.778. The number of hydrogen-bond donors (Lipinski definition) is 4. The van der Waals surface area contributed by atoms with Crippen molar-refractivity contribution in [2.75, 3.05) is 19.6 Å². The summed E-state index contributed by atoms with van der Waals surface area (Å²) in [5.74, 6) is -0.459. The van der Waals surface area contributed by atoms with Crippen molar-refractivity contribution >= 4 is 19.4 Å². The van der Waals surface area contributed by atoms with Gasteiger partial charge in [0.05, 0.1) is 6.04 Å². The lowest BCUT2D eigenvalue weighted by Gasteiger charge is -2.34. The van der Waals surface area contributed by atoms with Crippen LogP contribution in [-0.4, -0.2) is 42.2 Å². The second-order valence-electron chi connectivity index (χ2n) is 4.27. The number of hydrogen-bond acceptors (Lipinski definition) is 4. The smallest absolute Gasteiger partial charge is 0.302 e. The second kappa shape index (κ2) is 6.29. The summed E-state index contributed by atoms with van der Waals surface area (Å²) in [5.41, 5.74) is 10.6. The van der Waals surface area contributed by atoms with Gasteiger partial charge in [-0.1, -0.05) is 0 Å². The van der Waals surface area contributed by atoms with Crippen molar-refractivity contribution in [1.29, 1.82) is 0 Å².